The minimum absolute atomic E-state index is 0.889. The van der Waals surface area contributed by atoms with Crippen molar-refractivity contribution in [3.8, 4) is 16.9 Å². The van der Waals surface area contributed by atoms with Crippen LogP contribution in [-0.4, -0.2) is 14.5 Å². The molecule has 0 saturated heterocycles. The van der Waals surface area contributed by atoms with Crippen molar-refractivity contribution in [2.75, 3.05) is 0 Å². The minimum Gasteiger partial charge on any atom is -0.294 e. The van der Waals surface area contributed by atoms with E-state index in [1.807, 2.05) is 24.4 Å². The fraction of sp³-hybridized carbons (Fsp3) is 0. The fourth-order valence-electron chi connectivity index (χ4n) is 4.90. The molecule has 0 unspecified atom stereocenters. The zero-order valence-corrected chi connectivity index (χ0v) is 21.5. The predicted molar refractivity (Wildman–Crippen MR) is 157 cm³/mol. The first-order chi connectivity index (χ1) is 18.2. The van der Waals surface area contributed by atoms with Crippen LogP contribution in [0.4, 0.5) is 0 Å². The number of nitrogens with zero attached hydrogens (tertiary/aromatic N) is 3. The van der Waals surface area contributed by atoms with E-state index in [-0.39, 0.29) is 0 Å². The Morgan fingerprint density at radius 2 is 1.49 bits per heavy atom. The SMILES string of the molecule is Sc1cccc2ccc(Sc3ccc4c5ccccc5n(-c5cc(-c6ccccc6)ccn5)c4c3)nc12. The lowest BCUT2D eigenvalue weighted by Gasteiger charge is -2.10. The van der Waals surface area contributed by atoms with Gasteiger partial charge in [-0.2, -0.15) is 0 Å². The van der Waals surface area contributed by atoms with E-state index in [9.17, 15) is 0 Å². The number of pyridine rings is 2. The molecule has 0 aliphatic rings. The third-order valence-corrected chi connectivity index (χ3v) is 7.91. The van der Waals surface area contributed by atoms with Crippen molar-refractivity contribution < 1.29 is 0 Å². The molecule has 0 fully saturated rings. The van der Waals surface area contributed by atoms with Gasteiger partial charge >= 0.3 is 0 Å². The summed E-state index contributed by atoms with van der Waals surface area (Å²) in [6.07, 6.45) is 1.89. The molecule has 0 radical (unpaired) electrons. The molecule has 0 aliphatic heterocycles. The highest BCUT2D eigenvalue weighted by Crippen LogP contribution is 2.37. The summed E-state index contributed by atoms with van der Waals surface area (Å²) < 4.78 is 2.26. The summed E-state index contributed by atoms with van der Waals surface area (Å²) in [6, 6.07) is 40.1. The zero-order chi connectivity index (χ0) is 24.8. The van der Waals surface area contributed by atoms with Gasteiger partial charge in [0.15, 0.2) is 0 Å². The highest BCUT2D eigenvalue weighted by atomic mass is 32.2. The van der Waals surface area contributed by atoms with E-state index in [1.54, 1.807) is 11.8 Å². The van der Waals surface area contributed by atoms with Crippen molar-refractivity contribution in [1.82, 2.24) is 14.5 Å². The molecule has 0 N–H and O–H groups in total. The normalized spacial score (nSPS) is 11.5. The Balaban J connectivity index is 1.38. The average Bonchev–Trinajstić information content (AvgIpc) is 3.28. The minimum atomic E-state index is 0.889. The molecule has 7 rings (SSSR count). The molecular weight excluding hydrogens is 491 g/mol. The molecule has 0 amide bonds. The van der Waals surface area contributed by atoms with Crippen molar-refractivity contribution in [1.29, 1.82) is 0 Å². The Morgan fingerprint density at radius 1 is 0.649 bits per heavy atom. The van der Waals surface area contributed by atoms with Crippen molar-refractivity contribution in [2.24, 2.45) is 0 Å². The number of hydrogen-bond donors (Lipinski definition) is 1. The smallest absolute Gasteiger partial charge is 0.138 e. The molecule has 0 bridgehead atoms. The van der Waals surface area contributed by atoms with E-state index < -0.39 is 0 Å². The molecular formula is C32H21N3S2. The molecule has 7 aromatic rings. The quantitative estimate of drug-likeness (QED) is 0.240. The molecule has 0 saturated carbocycles. The van der Waals surface area contributed by atoms with E-state index in [2.05, 4.69) is 114 Å². The van der Waals surface area contributed by atoms with Crippen LogP contribution in [0.1, 0.15) is 0 Å². The lowest BCUT2D eigenvalue weighted by atomic mass is 10.1. The van der Waals surface area contributed by atoms with Crippen molar-refractivity contribution in [2.45, 2.75) is 14.8 Å². The summed E-state index contributed by atoms with van der Waals surface area (Å²) in [5.74, 6) is 0.901. The topological polar surface area (TPSA) is 30.7 Å². The maximum atomic E-state index is 4.89. The number of para-hydroxylation sites is 2. The van der Waals surface area contributed by atoms with Crippen molar-refractivity contribution >= 4 is 57.1 Å². The Morgan fingerprint density at radius 3 is 2.41 bits per heavy atom. The van der Waals surface area contributed by atoms with Crippen LogP contribution < -0.4 is 0 Å². The monoisotopic (exact) mass is 511 g/mol. The van der Waals surface area contributed by atoms with E-state index >= 15 is 0 Å². The van der Waals surface area contributed by atoms with Crippen LogP contribution in [0, 0.1) is 0 Å². The molecule has 4 aromatic carbocycles. The van der Waals surface area contributed by atoms with Gasteiger partial charge in [-0.15, -0.1) is 12.6 Å². The third-order valence-electron chi connectivity index (χ3n) is 6.62. The van der Waals surface area contributed by atoms with Crippen LogP contribution in [0.5, 0.6) is 0 Å². The summed E-state index contributed by atoms with van der Waals surface area (Å²) in [5, 5.41) is 4.46. The number of fused-ring (bicyclic) bond motifs is 4. The standard InChI is InChI=1S/C32H21N3S2/c36-29-12-6-9-22-13-16-31(34-32(22)29)37-24-14-15-26-25-10-4-5-11-27(25)35(28(26)20-24)30-19-23(17-18-33-30)21-7-2-1-3-8-21/h1-20,36H. The molecule has 3 aromatic heterocycles. The Hall–Kier alpha value is -4.06. The van der Waals surface area contributed by atoms with E-state index in [0.717, 1.165) is 48.1 Å². The van der Waals surface area contributed by atoms with Gasteiger partial charge in [-0.25, -0.2) is 9.97 Å². The van der Waals surface area contributed by atoms with Crippen molar-refractivity contribution in [3.63, 3.8) is 0 Å². The number of benzene rings is 4. The van der Waals surface area contributed by atoms with Gasteiger partial charge in [0, 0.05) is 32.1 Å². The summed E-state index contributed by atoms with van der Waals surface area (Å²) >= 11 is 6.27. The molecule has 3 nitrogen and oxygen atoms in total. The Kier molecular flexibility index (Phi) is 5.46. The Labute approximate surface area is 224 Å². The van der Waals surface area contributed by atoms with E-state index in [4.69, 9.17) is 9.97 Å². The first-order valence-electron chi connectivity index (χ1n) is 12.1. The van der Waals surface area contributed by atoms with Gasteiger partial charge in [-0.05, 0) is 53.6 Å². The maximum Gasteiger partial charge on any atom is 0.138 e. The van der Waals surface area contributed by atoms with Gasteiger partial charge in [0.05, 0.1) is 16.6 Å². The highest BCUT2D eigenvalue weighted by molar-refractivity contribution is 7.99. The van der Waals surface area contributed by atoms with Crippen LogP contribution >= 0.6 is 24.4 Å². The number of rotatable bonds is 4. The molecule has 37 heavy (non-hydrogen) atoms. The van der Waals surface area contributed by atoms with Crippen LogP contribution in [-0.2, 0) is 0 Å². The predicted octanol–water partition coefficient (Wildman–Crippen LogP) is 8.83. The lowest BCUT2D eigenvalue weighted by Crippen LogP contribution is -1.97. The lowest BCUT2D eigenvalue weighted by molar-refractivity contribution is 1.08. The van der Waals surface area contributed by atoms with Gasteiger partial charge in [-0.1, -0.05) is 84.6 Å². The van der Waals surface area contributed by atoms with Gasteiger partial charge < -0.3 is 0 Å². The summed E-state index contributed by atoms with van der Waals surface area (Å²) in [5.41, 5.74) is 5.51. The van der Waals surface area contributed by atoms with Crippen LogP contribution in [0.2, 0.25) is 0 Å². The average molecular weight is 512 g/mol. The summed E-state index contributed by atoms with van der Waals surface area (Å²) in [4.78, 5) is 11.7. The number of thiol groups is 1. The maximum absolute atomic E-state index is 4.89. The molecule has 5 heteroatoms. The second-order valence-electron chi connectivity index (χ2n) is 8.90. The summed E-state index contributed by atoms with van der Waals surface area (Å²) in [6.45, 7) is 0. The van der Waals surface area contributed by atoms with Crippen LogP contribution in [0.15, 0.2) is 136 Å². The van der Waals surface area contributed by atoms with Crippen LogP contribution in [0.25, 0.3) is 49.7 Å². The van der Waals surface area contributed by atoms with E-state index in [0.29, 0.717) is 0 Å². The largest absolute Gasteiger partial charge is 0.294 e. The van der Waals surface area contributed by atoms with E-state index in [1.165, 1.54) is 16.3 Å². The molecule has 0 atom stereocenters. The van der Waals surface area contributed by atoms with Gasteiger partial charge in [0.1, 0.15) is 10.8 Å². The summed E-state index contributed by atoms with van der Waals surface area (Å²) in [7, 11) is 0. The molecule has 3 heterocycles. The zero-order valence-electron chi connectivity index (χ0n) is 19.7. The highest BCUT2D eigenvalue weighted by Gasteiger charge is 2.15. The molecule has 176 valence electrons. The molecule has 0 spiro atoms. The van der Waals surface area contributed by atoms with Gasteiger partial charge in [0.2, 0.25) is 0 Å². The third kappa shape index (κ3) is 3.97. The first kappa shape index (κ1) is 22.2. The van der Waals surface area contributed by atoms with Gasteiger partial charge in [-0.3, -0.25) is 4.57 Å². The number of aromatic nitrogens is 3. The fourth-order valence-corrected chi connectivity index (χ4v) is 5.99. The molecule has 0 aliphatic carbocycles. The van der Waals surface area contributed by atoms with Crippen molar-refractivity contribution in [3.05, 3.63) is 121 Å². The second-order valence-corrected chi connectivity index (χ2v) is 10.5. The first-order valence-corrected chi connectivity index (χ1v) is 13.3. The number of hydrogen-bond acceptors (Lipinski definition) is 4. The van der Waals surface area contributed by atoms with Gasteiger partial charge in [0.25, 0.3) is 0 Å². The second kappa shape index (κ2) is 9.11. The van der Waals surface area contributed by atoms with Crippen LogP contribution in [0.3, 0.4) is 0 Å². The Bertz CT molecular complexity index is 1930.